The van der Waals surface area contributed by atoms with E-state index in [-0.39, 0.29) is 6.61 Å². The first kappa shape index (κ1) is 8.19. The summed E-state index contributed by atoms with van der Waals surface area (Å²) >= 11 is 0. The van der Waals surface area contributed by atoms with Crippen molar-refractivity contribution in [2.45, 2.75) is 13.3 Å². The number of aromatic nitrogens is 3. The zero-order chi connectivity index (χ0) is 9.26. The van der Waals surface area contributed by atoms with Crippen LogP contribution in [0.25, 0.3) is 5.65 Å². The zero-order valence-electron chi connectivity index (χ0n) is 7.44. The molecule has 2 aromatic rings. The van der Waals surface area contributed by atoms with E-state index >= 15 is 0 Å². The Balaban J connectivity index is 2.55. The summed E-state index contributed by atoms with van der Waals surface area (Å²) in [5, 5.41) is 16.8. The van der Waals surface area contributed by atoms with Gasteiger partial charge in [0, 0.05) is 12.6 Å². The summed E-state index contributed by atoms with van der Waals surface area (Å²) in [7, 11) is 0. The Hall–Kier alpha value is -1.42. The standard InChI is InChI=1S/C9H11N3O/c1-7-2-4-12-8(3-5-13)10-11-9(12)6-7/h2,4,6,13H,3,5H2,1H3. The van der Waals surface area contributed by atoms with Gasteiger partial charge in [-0.3, -0.25) is 4.40 Å². The van der Waals surface area contributed by atoms with Crippen molar-refractivity contribution < 1.29 is 5.11 Å². The Morgan fingerprint density at radius 3 is 3.08 bits per heavy atom. The molecule has 0 fully saturated rings. The van der Waals surface area contributed by atoms with Gasteiger partial charge in [-0.1, -0.05) is 0 Å². The summed E-state index contributed by atoms with van der Waals surface area (Å²) in [5.74, 6) is 0.803. The van der Waals surface area contributed by atoms with Crippen LogP contribution in [-0.4, -0.2) is 26.3 Å². The first-order chi connectivity index (χ1) is 6.31. The van der Waals surface area contributed by atoms with Gasteiger partial charge in [-0.25, -0.2) is 0 Å². The van der Waals surface area contributed by atoms with Gasteiger partial charge in [0.25, 0.3) is 0 Å². The van der Waals surface area contributed by atoms with Crippen LogP contribution >= 0.6 is 0 Å². The van der Waals surface area contributed by atoms with Gasteiger partial charge in [-0.15, -0.1) is 10.2 Å². The number of aryl methyl sites for hydroxylation is 1. The van der Waals surface area contributed by atoms with Crippen molar-refractivity contribution in [3.8, 4) is 0 Å². The highest BCUT2D eigenvalue weighted by atomic mass is 16.3. The van der Waals surface area contributed by atoms with Crippen LogP contribution < -0.4 is 0 Å². The van der Waals surface area contributed by atoms with Crippen molar-refractivity contribution in [3.05, 3.63) is 29.7 Å². The fourth-order valence-corrected chi connectivity index (χ4v) is 1.31. The van der Waals surface area contributed by atoms with Crippen molar-refractivity contribution in [2.75, 3.05) is 6.61 Å². The Labute approximate surface area is 75.8 Å². The predicted octanol–water partition coefficient (Wildman–Crippen LogP) is 0.573. The maximum Gasteiger partial charge on any atom is 0.161 e. The van der Waals surface area contributed by atoms with E-state index in [4.69, 9.17) is 5.11 Å². The summed E-state index contributed by atoms with van der Waals surface area (Å²) < 4.78 is 1.89. The average Bonchev–Trinajstić information content (AvgIpc) is 2.49. The highest BCUT2D eigenvalue weighted by Gasteiger charge is 2.03. The molecule has 2 heterocycles. The second kappa shape index (κ2) is 3.14. The second-order valence-corrected chi connectivity index (χ2v) is 3.02. The average molecular weight is 177 g/mol. The van der Waals surface area contributed by atoms with Gasteiger partial charge in [0.1, 0.15) is 5.82 Å². The minimum absolute atomic E-state index is 0.106. The highest BCUT2D eigenvalue weighted by molar-refractivity contribution is 5.40. The van der Waals surface area contributed by atoms with Crippen LogP contribution in [0.15, 0.2) is 18.3 Å². The Bertz CT molecular complexity index is 422. The van der Waals surface area contributed by atoms with Crippen LogP contribution in [0.3, 0.4) is 0 Å². The van der Waals surface area contributed by atoms with E-state index in [0.717, 1.165) is 17.0 Å². The zero-order valence-corrected chi connectivity index (χ0v) is 7.44. The third-order valence-corrected chi connectivity index (χ3v) is 1.97. The third-order valence-electron chi connectivity index (χ3n) is 1.97. The minimum Gasteiger partial charge on any atom is -0.396 e. The molecule has 0 saturated heterocycles. The molecule has 4 nitrogen and oxygen atoms in total. The fraction of sp³-hybridized carbons (Fsp3) is 0.333. The molecule has 0 aliphatic heterocycles. The van der Waals surface area contributed by atoms with E-state index in [0.29, 0.717) is 6.42 Å². The van der Waals surface area contributed by atoms with E-state index in [1.165, 1.54) is 0 Å². The maximum absolute atomic E-state index is 8.77. The fourth-order valence-electron chi connectivity index (χ4n) is 1.31. The topological polar surface area (TPSA) is 50.4 Å². The SMILES string of the molecule is Cc1ccn2c(CCO)nnc2c1. The predicted molar refractivity (Wildman–Crippen MR) is 48.5 cm³/mol. The first-order valence-corrected chi connectivity index (χ1v) is 4.22. The van der Waals surface area contributed by atoms with Gasteiger partial charge in [0.15, 0.2) is 5.65 Å². The lowest BCUT2D eigenvalue weighted by molar-refractivity contribution is 0.296. The van der Waals surface area contributed by atoms with Crippen molar-refractivity contribution >= 4 is 5.65 Å². The lowest BCUT2D eigenvalue weighted by atomic mass is 10.3. The lowest BCUT2D eigenvalue weighted by Gasteiger charge is -1.97. The van der Waals surface area contributed by atoms with Gasteiger partial charge < -0.3 is 5.11 Å². The molecular weight excluding hydrogens is 166 g/mol. The number of rotatable bonds is 2. The van der Waals surface area contributed by atoms with Crippen LogP contribution in [0.1, 0.15) is 11.4 Å². The van der Waals surface area contributed by atoms with Crippen molar-refractivity contribution in [1.29, 1.82) is 0 Å². The molecule has 1 N–H and O–H groups in total. The Morgan fingerprint density at radius 2 is 2.31 bits per heavy atom. The quantitative estimate of drug-likeness (QED) is 0.729. The molecule has 0 aromatic carbocycles. The molecule has 2 aromatic heterocycles. The molecule has 0 aliphatic carbocycles. The summed E-state index contributed by atoms with van der Waals surface area (Å²) in [5.41, 5.74) is 2.00. The molecule has 0 amide bonds. The summed E-state index contributed by atoms with van der Waals surface area (Å²) in [6.45, 7) is 2.12. The maximum atomic E-state index is 8.77. The molecule has 0 aliphatic rings. The van der Waals surface area contributed by atoms with Crippen LogP contribution in [0.4, 0.5) is 0 Å². The largest absolute Gasteiger partial charge is 0.396 e. The molecular formula is C9H11N3O. The van der Waals surface area contributed by atoms with Crippen molar-refractivity contribution in [3.63, 3.8) is 0 Å². The van der Waals surface area contributed by atoms with Crippen LogP contribution in [0, 0.1) is 6.92 Å². The van der Waals surface area contributed by atoms with Crippen molar-refractivity contribution in [2.24, 2.45) is 0 Å². The monoisotopic (exact) mass is 177 g/mol. The number of fused-ring (bicyclic) bond motifs is 1. The number of hydrogen-bond donors (Lipinski definition) is 1. The number of aliphatic hydroxyl groups excluding tert-OH is 1. The number of aliphatic hydroxyl groups is 1. The highest BCUT2D eigenvalue weighted by Crippen LogP contribution is 2.06. The van der Waals surface area contributed by atoms with E-state index < -0.39 is 0 Å². The van der Waals surface area contributed by atoms with Crippen molar-refractivity contribution in [1.82, 2.24) is 14.6 Å². The molecule has 0 unspecified atom stereocenters. The molecule has 0 saturated carbocycles. The molecule has 2 rings (SSSR count). The molecule has 0 bridgehead atoms. The molecule has 13 heavy (non-hydrogen) atoms. The number of hydrogen-bond acceptors (Lipinski definition) is 3. The van der Waals surface area contributed by atoms with Gasteiger partial charge in [0.2, 0.25) is 0 Å². The molecule has 68 valence electrons. The first-order valence-electron chi connectivity index (χ1n) is 4.22. The van der Waals surface area contributed by atoms with Gasteiger partial charge >= 0.3 is 0 Å². The Kier molecular flexibility index (Phi) is 1.98. The van der Waals surface area contributed by atoms with E-state index in [1.807, 2.05) is 29.7 Å². The normalized spacial score (nSPS) is 10.9. The molecule has 0 atom stereocenters. The lowest BCUT2D eigenvalue weighted by Crippen LogP contribution is -1.97. The molecule has 0 spiro atoms. The van der Waals surface area contributed by atoms with E-state index in [1.54, 1.807) is 0 Å². The Morgan fingerprint density at radius 1 is 1.46 bits per heavy atom. The van der Waals surface area contributed by atoms with E-state index in [2.05, 4.69) is 10.2 Å². The second-order valence-electron chi connectivity index (χ2n) is 3.02. The molecule has 0 radical (unpaired) electrons. The summed E-state index contributed by atoms with van der Waals surface area (Å²) in [4.78, 5) is 0. The third kappa shape index (κ3) is 1.40. The van der Waals surface area contributed by atoms with Gasteiger partial charge in [0.05, 0.1) is 6.61 Å². The van der Waals surface area contributed by atoms with Crippen LogP contribution in [0.2, 0.25) is 0 Å². The van der Waals surface area contributed by atoms with Crippen LogP contribution in [0.5, 0.6) is 0 Å². The minimum atomic E-state index is 0.106. The number of pyridine rings is 1. The number of nitrogens with zero attached hydrogens (tertiary/aromatic N) is 3. The van der Waals surface area contributed by atoms with E-state index in [9.17, 15) is 0 Å². The molecule has 4 heteroatoms. The smallest absolute Gasteiger partial charge is 0.161 e. The van der Waals surface area contributed by atoms with Gasteiger partial charge in [-0.2, -0.15) is 0 Å². The van der Waals surface area contributed by atoms with Crippen LogP contribution in [-0.2, 0) is 6.42 Å². The van der Waals surface area contributed by atoms with Gasteiger partial charge in [-0.05, 0) is 24.6 Å². The summed E-state index contributed by atoms with van der Waals surface area (Å²) in [6.07, 6.45) is 2.47. The summed E-state index contributed by atoms with van der Waals surface area (Å²) in [6, 6.07) is 3.96.